The van der Waals surface area contributed by atoms with Gasteiger partial charge in [0, 0.05) is 0 Å². The van der Waals surface area contributed by atoms with Crippen molar-refractivity contribution in [2.75, 3.05) is 0 Å². The van der Waals surface area contributed by atoms with Crippen molar-refractivity contribution < 1.29 is 13.7 Å². The second-order valence-electron chi connectivity index (χ2n) is 4.88. The second-order valence-corrected chi connectivity index (χ2v) is 5.74. The van der Waals surface area contributed by atoms with Crippen LogP contribution in [0.3, 0.4) is 0 Å². The van der Waals surface area contributed by atoms with Gasteiger partial charge in [0.15, 0.2) is 12.4 Å². The van der Waals surface area contributed by atoms with Crippen LogP contribution in [0.2, 0.25) is 0 Å². The maximum absolute atomic E-state index is 13.0. The number of ether oxygens (including phenoxy) is 1. The van der Waals surface area contributed by atoms with E-state index >= 15 is 0 Å². The van der Waals surface area contributed by atoms with Crippen LogP contribution in [0.4, 0.5) is 4.39 Å². The highest BCUT2D eigenvalue weighted by Gasteiger charge is 2.38. The van der Waals surface area contributed by atoms with Crippen LogP contribution in [-0.4, -0.2) is 10.1 Å². The highest BCUT2D eigenvalue weighted by molar-refractivity contribution is 9.10. The van der Waals surface area contributed by atoms with E-state index in [1.807, 2.05) is 0 Å². The molecule has 114 valence electrons. The fraction of sp³-hybridized carbons (Fsp3) is 0.385. The van der Waals surface area contributed by atoms with E-state index in [4.69, 9.17) is 15.0 Å². The van der Waals surface area contributed by atoms with Gasteiger partial charge in [-0.2, -0.15) is 4.98 Å². The van der Waals surface area contributed by atoms with Gasteiger partial charge in [-0.3, -0.25) is 0 Å². The average Bonchev–Trinajstić information content (AvgIpc) is 2.84. The zero-order chi connectivity index (χ0) is 14.2. The molecule has 2 N–H and O–H groups in total. The predicted molar refractivity (Wildman–Crippen MR) is 79.7 cm³/mol. The topological polar surface area (TPSA) is 74.2 Å². The van der Waals surface area contributed by atoms with E-state index in [1.54, 1.807) is 0 Å². The smallest absolute Gasteiger partial charge is 0.264 e. The highest BCUT2D eigenvalue weighted by Crippen LogP contribution is 2.37. The molecule has 2 aromatic rings. The first-order chi connectivity index (χ1) is 9.57. The number of aromatic nitrogens is 2. The number of rotatable bonds is 4. The van der Waals surface area contributed by atoms with E-state index in [-0.39, 0.29) is 24.8 Å². The Morgan fingerprint density at radius 1 is 1.43 bits per heavy atom. The molecule has 21 heavy (non-hydrogen) atoms. The van der Waals surface area contributed by atoms with Crippen molar-refractivity contribution in [3.63, 3.8) is 0 Å². The van der Waals surface area contributed by atoms with Gasteiger partial charge in [0.1, 0.15) is 11.6 Å². The van der Waals surface area contributed by atoms with E-state index in [9.17, 15) is 4.39 Å². The Hall–Kier alpha value is -1.18. The first kappa shape index (κ1) is 16.2. The molecule has 0 saturated heterocycles. The molecule has 0 aliphatic heterocycles. The Morgan fingerprint density at radius 3 is 2.81 bits per heavy atom. The molecule has 0 amide bonds. The van der Waals surface area contributed by atoms with Crippen molar-refractivity contribution in [3.8, 4) is 5.75 Å². The summed E-state index contributed by atoms with van der Waals surface area (Å²) in [5, 5.41) is 3.90. The lowest BCUT2D eigenvalue weighted by Crippen LogP contribution is -2.44. The molecule has 8 heteroatoms. The summed E-state index contributed by atoms with van der Waals surface area (Å²) in [7, 11) is 0. The van der Waals surface area contributed by atoms with E-state index in [2.05, 4.69) is 26.1 Å². The monoisotopic (exact) mass is 377 g/mol. The van der Waals surface area contributed by atoms with Crippen LogP contribution in [0.15, 0.2) is 27.2 Å². The number of hydrogen-bond acceptors (Lipinski definition) is 5. The Bertz CT molecular complexity index is 634. The number of halogens is 3. The first-order valence-electron chi connectivity index (χ1n) is 6.27. The Labute approximate surface area is 135 Å². The van der Waals surface area contributed by atoms with Gasteiger partial charge < -0.3 is 15.0 Å². The molecule has 0 bridgehead atoms. The van der Waals surface area contributed by atoms with Crippen molar-refractivity contribution in [2.24, 2.45) is 5.73 Å². The largest absolute Gasteiger partial charge is 0.483 e. The van der Waals surface area contributed by atoms with Crippen molar-refractivity contribution in [2.45, 2.75) is 31.4 Å². The van der Waals surface area contributed by atoms with E-state index in [0.29, 0.717) is 21.9 Å². The maximum atomic E-state index is 13.0. The minimum Gasteiger partial charge on any atom is -0.483 e. The molecule has 0 radical (unpaired) electrons. The fourth-order valence-corrected chi connectivity index (χ4v) is 2.49. The molecule has 1 fully saturated rings. The molecular weight excluding hydrogens is 365 g/mol. The molecule has 0 spiro atoms. The number of nitrogens with two attached hydrogens (primary N) is 1. The van der Waals surface area contributed by atoms with Crippen LogP contribution in [0.5, 0.6) is 5.75 Å². The maximum Gasteiger partial charge on any atom is 0.264 e. The zero-order valence-corrected chi connectivity index (χ0v) is 13.4. The molecule has 1 saturated carbocycles. The zero-order valence-electron chi connectivity index (χ0n) is 11.0. The molecule has 1 heterocycles. The lowest BCUT2D eigenvalue weighted by Gasteiger charge is -2.34. The number of hydrogen-bond donors (Lipinski definition) is 1. The third-order valence-corrected chi connectivity index (χ3v) is 4.02. The van der Waals surface area contributed by atoms with Crippen LogP contribution in [0, 0.1) is 5.82 Å². The summed E-state index contributed by atoms with van der Waals surface area (Å²) in [6.45, 7) is 0.118. The molecule has 1 aliphatic rings. The summed E-state index contributed by atoms with van der Waals surface area (Å²) in [6, 6.07) is 4.19. The molecule has 0 atom stereocenters. The summed E-state index contributed by atoms with van der Waals surface area (Å²) in [5.41, 5.74) is 5.66. The molecule has 0 unspecified atom stereocenters. The van der Waals surface area contributed by atoms with Crippen LogP contribution < -0.4 is 10.5 Å². The van der Waals surface area contributed by atoms with E-state index in [1.165, 1.54) is 18.2 Å². The van der Waals surface area contributed by atoms with Crippen LogP contribution in [0.25, 0.3) is 0 Å². The van der Waals surface area contributed by atoms with Crippen LogP contribution >= 0.6 is 28.3 Å². The van der Waals surface area contributed by atoms with Gasteiger partial charge in [-0.05, 0) is 53.4 Å². The molecule has 3 rings (SSSR count). The lowest BCUT2D eigenvalue weighted by molar-refractivity contribution is 0.222. The van der Waals surface area contributed by atoms with Gasteiger partial charge in [0.25, 0.3) is 5.89 Å². The molecular formula is C13H14BrClFN3O2. The predicted octanol–water partition coefficient (Wildman–Crippen LogP) is 3.31. The van der Waals surface area contributed by atoms with Gasteiger partial charge in [0.05, 0.1) is 10.0 Å². The van der Waals surface area contributed by atoms with Gasteiger partial charge in [0.2, 0.25) is 0 Å². The van der Waals surface area contributed by atoms with Crippen molar-refractivity contribution in [1.82, 2.24) is 10.1 Å². The van der Waals surface area contributed by atoms with Crippen molar-refractivity contribution in [3.05, 3.63) is 40.2 Å². The van der Waals surface area contributed by atoms with Gasteiger partial charge in [-0.15, -0.1) is 12.4 Å². The number of nitrogens with zero attached hydrogens (tertiary/aromatic N) is 2. The summed E-state index contributed by atoms with van der Waals surface area (Å²) in [5.74, 6) is 1.06. The number of benzene rings is 1. The van der Waals surface area contributed by atoms with Crippen LogP contribution in [-0.2, 0) is 12.1 Å². The summed E-state index contributed by atoms with van der Waals surface area (Å²) in [4.78, 5) is 4.25. The Morgan fingerprint density at radius 2 is 2.19 bits per heavy atom. The third-order valence-electron chi connectivity index (χ3n) is 3.40. The molecule has 1 aliphatic carbocycles. The SMILES string of the molecule is Cl.NC1(c2noc(COc3ccc(F)cc3Br)n2)CCC1. The lowest BCUT2D eigenvalue weighted by atomic mass is 9.77. The average molecular weight is 379 g/mol. The molecule has 1 aromatic carbocycles. The van der Waals surface area contributed by atoms with Gasteiger partial charge >= 0.3 is 0 Å². The first-order valence-corrected chi connectivity index (χ1v) is 7.06. The second kappa shape index (κ2) is 6.29. The van der Waals surface area contributed by atoms with Gasteiger partial charge in [-0.25, -0.2) is 4.39 Å². The van der Waals surface area contributed by atoms with E-state index < -0.39 is 5.54 Å². The van der Waals surface area contributed by atoms with Crippen molar-refractivity contribution >= 4 is 28.3 Å². The molecule has 5 nitrogen and oxygen atoms in total. The highest BCUT2D eigenvalue weighted by atomic mass is 79.9. The molecule has 1 aromatic heterocycles. The summed E-state index contributed by atoms with van der Waals surface area (Å²) in [6.07, 6.45) is 2.83. The summed E-state index contributed by atoms with van der Waals surface area (Å²) < 4.78 is 24.1. The van der Waals surface area contributed by atoms with Crippen LogP contribution in [0.1, 0.15) is 31.0 Å². The standard InChI is InChI=1S/C13H13BrFN3O2.ClH/c14-9-6-8(15)2-3-10(9)19-7-11-17-12(18-20-11)13(16)4-1-5-13;/h2-3,6H,1,4-5,7,16H2;1H. The third kappa shape index (κ3) is 3.36. The quantitative estimate of drug-likeness (QED) is 0.883. The Balaban J connectivity index is 0.00000161. The van der Waals surface area contributed by atoms with E-state index in [0.717, 1.165) is 19.3 Å². The minimum absolute atomic E-state index is 0. The van der Waals surface area contributed by atoms with Gasteiger partial charge in [-0.1, -0.05) is 5.16 Å². The summed E-state index contributed by atoms with van der Waals surface area (Å²) >= 11 is 3.23. The minimum atomic E-state index is -0.446. The normalized spacial score (nSPS) is 16.0. The van der Waals surface area contributed by atoms with Crippen molar-refractivity contribution in [1.29, 1.82) is 0 Å². The fourth-order valence-electron chi connectivity index (χ4n) is 2.03. The Kier molecular flexibility index (Phi) is 4.85.